The maximum absolute atomic E-state index is 12.6. The van der Waals surface area contributed by atoms with E-state index in [9.17, 15) is 8.42 Å². The zero-order chi connectivity index (χ0) is 15.5. The summed E-state index contributed by atoms with van der Waals surface area (Å²) >= 11 is 4.92. The van der Waals surface area contributed by atoms with E-state index in [1.807, 2.05) is 0 Å². The van der Waals surface area contributed by atoms with Crippen molar-refractivity contribution in [2.24, 2.45) is 0 Å². The van der Waals surface area contributed by atoms with Gasteiger partial charge in [-0.15, -0.1) is 11.3 Å². The third-order valence-electron chi connectivity index (χ3n) is 3.61. The minimum atomic E-state index is -3.38. The number of halogens is 1. The Morgan fingerprint density at radius 3 is 2.76 bits per heavy atom. The number of unbranched alkanes of at least 4 members (excludes halogenated alkanes) is 2. The molecule has 0 atom stereocenters. The molecule has 0 aromatic carbocycles. The fourth-order valence-corrected chi connectivity index (χ4v) is 5.85. The lowest BCUT2D eigenvalue weighted by atomic mass is 10.2. The van der Waals surface area contributed by atoms with Gasteiger partial charge in [0.1, 0.15) is 4.90 Å². The van der Waals surface area contributed by atoms with Crippen molar-refractivity contribution >= 4 is 37.3 Å². The summed E-state index contributed by atoms with van der Waals surface area (Å²) < 4.78 is 27.4. The molecule has 1 saturated carbocycles. The first-order valence-electron chi connectivity index (χ1n) is 7.43. The van der Waals surface area contributed by atoms with Crippen LogP contribution in [0.5, 0.6) is 0 Å². The molecule has 0 unspecified atom stereocenters. The zero-order valence-electron chi connectivity index (χ0n) is 12.6. The van der Waals surface area contributed by atoms with Crippen molar-refractivity contribution in [2.45, 2.75) is 56.5 Å². The number of rotatable bonds is 9. The fraction of sp³-hybridized carbons (Fsp3) is 0.714. The maximum Gasteiger partial charge on any atom is 0.244 e. The molecule has 120 valence electrons. The monoisotopic (exact) mass is 394 g/mol. The van der Waals surface area contributed by atoms with Gasteiger partial charge in [-0.05, 0) is 41.3 Å². The number of hydrogen-bond acceptors (Lipinski definition) is 4. The van der Waals surface area contributed by atoms with E-state index in [-0.39, 0.29) is 0 Å². The summed E-state index contributed by atoms with van der Waals surface area (Å²) in [6.07, 6.45) is 5.52. The van der Waals surface area contributed by atoms with Crippen LogP contribution in [0.3, 0.4) is 0 Å². The average Bonchev–Trinajstić information content (AvgIpc) is 3.18. The average molecular weight is 395 g/mol. The Kier molecular flexibility index (Phi) is 6.25. The highest BCUT2D eigenvalue weighted by atomic mass is 79.9. The Labute approximate surface area is 140 Å². The lowest BCUT2D eigenvalue weighted by Gasteiger charge is -2.16. The van der Waals surface area contributed by atoms with Crippen LogP contribution in [0.4, 0.5) is 0 Å². The molecule has 1 aromatic rings. The lowest BCUT2D eigenvalue weighted by Crippen LogP contribution is -2.27. The smallest absolute Gasteiger partial charge is 0.244 e. The Hall–Kier alpha value is 0.0500. The largest absolute Gasteiger partial charge is 0.309 e. The van der Waals surface area contributed by atoms with E-state index in [0.717, 1.165) is 30.7 Å². The van der Waals surface area contributed by atoms with Gasteiger partial charge in [0.25, 0.3) is 0 Å². The van der Waals surface area contributed by atoms with Gasteiger partial charge in [0, 0.05) is 31.1 Å². The maximum atomic E-state index is 12.6. The summed E-state index contributed by atoms with van der Waals surface area (Å²) in [7, 11) is -1.72. The third kappa shape index (κ3) is 4.76. The van der Waals surface area contributed by atoms with Crippen LogP contribution in [0, 0.1) is 0 Å². The van der Waals surface area contributed by atoms with Crippen LogP contribution < -0.4 is 5.32 Å². The van der Waals surface area contributed by atoms with Crippen molar-refractivity contribution in [2.75, 3.05) is 13.6 Å². The molecule has 0 bridgehead atoms. The van der Waals surface area contributed by atoms with Crippen molar-refractivity contribution in [1.82, 2.24) is 9.62 Å². The number of sulfonamides is 1. The third-order valence-corrected chi connectivity index (χ3v) is 7.72. The second-order valence-corrected chi connectivity index (χ2v) is 10.0. The van der Waals surface area contributed by atoms with E-state index in [2.05, 4.69) is 28.2 Å². The van der Waals surface area contributed by atoms with Crippen LogP contribution in [0.1, 0.15) is 43.9 Å². The van der Waals surface area contributed by atoms with E-state index in [4.69, 9.17) is 0 Å². The predicted octanol–water partition coefficient (Wildman–Crippen LogP) is 3.57. The molecular formula is C14H23BrN2O2S2. The van der Waals surface area contributed by atoms with Crippen LogP contribution >= 0.6 is 27.3 Å². The van der Waals surface area contributed by atoms with Gasteiger partial charge in [0.2, 0.25) is 10.0 Å². The molecule has 1 aliphatic carbocycles. The molecule has 21 heavy (non-hydrogen) atoms. The number of hydrogen-bond donors (Lipinski definition) is 1. The predicted molar refractivity (Wildman–Crippen MR) is 91.2 cm³/mol. The summed E-state index contributed by atoms with van der Waals surface area (Å²) in [5.74, 6) is 0. The van der Waals surface area contributed by atoms with E-state index >= 15 is 0 Å². The quantitative estimate of drug-likeness (QED) is 0.651. The van der Waals surface area contributed by atoms with Crippen molar-refractivity contribution in [3.63, 3.8) is 0 Å². The highest BCUT2D eigenvalue weighted by Gasteiger charge is 2.26. The highest BCUT2D eigenvalue weighted by molar-refractivity contribution is 9.11. The highest BCUT2D eigenvalue weighted by Crippen LogP contribution is 2.33. The second-order valence-electron chi connectivity index (χ2n) is 5.54. The Balaban J connectivity index is 2.03. The molecule has 0 amide bonds. The zero-order valence-corrected chi connectivity index (χ0v) is 15.8. The van der Waals surface area contributed by atoms with E-state index in [1.165, 1.54) is 28.5 Å². The van der Waals surface area contributed by atoms with Crippen LogP contribution in [0.25, 0.3) is 0 Å². The molecule has 1 N–H and O–H groups in total. The van der Waals surface area contributed by atoms with Crippen LogP contribution in [0.15, 0.2) is 14.7 Å². The molecule has 0 aliphatic heterocycles. The van der Waals surface area contributed by atoms with Gasteiger partial charge in [-0.1, -0.05) is 19.8 Å². The molecule has 7 heteroatoms. The van der Waals surface area contributed by atoms with Crippen molar-refractivity contribution in [1.29, 1.82) is 0 Å². The Bertz CT molecular complexity index is 568. The number of nitrogens with one attached hydrogen (secondary N) is 1. The van der Waals surface area contributed by atoms with E-state index in [1.54, 1.807) is 13.1 Å². The summed E-state index contributed by atoms with van der Waals surface area (Å²) in [4.78, 5) is 1.47. The van der Waals surface area contributed by atoms with E-state index < -0.39 is 10.0 Å². The van der Waals surface area contributed by atoms with Gasteiger partial charge in [-0.2, -0.15) is 0 Å². The normalized spacial score (nSPS) is 15.8. The molecule has 1 aromatic heterocycles. The molecule has 1 heterocycles. The molecular weight excluding hydrogens is 372 g/mol. The first-order valence-corrected chi connectivity index (χ1v) is 10.5. The molecule has 0 saturated heterocycles. The molecule has 0 spiro atoms. The molecule has 1 aliphatic rings. The van der Waals surface area contributed by atoms with Crippen molar-refractivity contribution in [3.05, 3.63) is 14.7 Å². The molecule has 1 fully saturated rings. The van der Waals surface area contributed by atoms with Gasteiger partial charge in [0.15, 0.2) is 0 Å². The SMILES string of the molecule is CCCCCN(C)S(=O)(=O)c1cc(CNC2CC2)sc1Br. The number of nitrogens with zero attached hydrogens (tertiary/aromatic N) is 1. The van der Waals surface area contributed by atoms with Gasteiger partial charge < -0.3 is 5.32 Å². The molecule has 4 nitrogen and oxygen atoms in total. The standard InChI is InChI=1S/C14H23BrN2O2S2/c1-3-4-5-8-17(2)21(18,19)13-9-12(20-14(13)15)10-16-11-6-7-11/h9,11,16H,3-8,10H2,1-2H3. The minimum absolute atomic E-state index is 0.402. The Morgan fingerprint density at radius 1 is 1.43 bits per heavy atom. The summed E-state index contributed by atoms with van der Waals surface area (Å²) in [5, 5.41) is 3.42. The van der Waals surface area contributed by atoms with E-state index in [0.29, 0.717) is 21.3 Å². The van der Waals surface area contributed by atoms with Crippen molar-refractivity contribution < 1.29 is 8.42 Å². The van der Waals surface area contributed by atoms with Crippen LogP contribution in [-0.2, 0) is 16.6 Å². The van der Waals surface area contributed by atoms with Crippen LogP contribution in [-0.4, -0.2) is 32.4 Å². The second kappa shape index (κ2) is 7.55. The first-order chi connectivity index (χ1) is 9.95. The van der Waals surface area contributed by atoms with Crippen molar-refractivity contribution in [3.8, 4) is 0 Å². The summed E-state index contributed by atoms with van der Waals surface area (Å²) in [6.45, 7) is 3.44. The molecule has 2 rings (SSSR count). The summed E-state index contributed by atoms with van der Waals surface area (Å²) in [6, 6.07) is 2.43. The molecule has 0 radical (unpaired) electrons. The van der Waals surface area contributed by atoms with Gasteiger partial charge in [0.05, 0.1) is 3.79 Å². The van der Waals surface area contributed by atoms with Gasteiger partial charge in [-0.3, -0.25) is 0 Å². The summed E-state index contributed by atoms with van der Waals surface area (Å²) in [5.41, 5.74) is 0. The number of thiophene rings is 1. The topological polar surface area (TPSA) is 49.4 Å². The van der Waals surface area contributed by atoms with Gasteiger partial charge >= 0.3 is 0 Å². The van der Waals surface area contributed by atoms with Crippen LogP contribution in [0.2, 0.25) is 0 Å². The minimum Gasteiger partial charge on any atom is -0.309 e. The Morgan fingerprint density at radius 2 is 2.14 bits per heavy atom. The van der Waals surface area contributed by atoms with Gasteiger partial charge in [-0.25, -0.2) is 12.7 Å². The lowest BCUT2D eigenvalue weighted by molar-refractivity contribution is 0.454. The first kappa shape index (κ1) is 17.4. The fourth-order valence-electron chi connectivity index (χ4n) is 2.07.